The third-order valence-corrected chi connectivity index (χ3v) is 2.12. The van der Waals surface area contributed by atoms with Gasteiger partial charge in [-0.3, -0.25) is 0 Å². The van der Waals surface area contributed by atoms with E-state index in [1.807, 2.05) is 26.0 Å². The zero-order valence-corrected chi connectivity index (χ0v) is 5.60. The van der Waals surface area contributed by atoms with Crippen LogP contribution in [0.5, 0.6) is 0 Å². The highest BCUT2D eigenvalue weighted by atomic mass is 14.6. The average Bonchev–Trinajstić information content (AvgIpc) is 2.35. The number of nitriles is 2. The third kappa shape index (κ3) is 0.535. The first-order valence-electron chi connectivity index (χ1n) is 2.90. The van der Waals surface area contributed by atoms with Gasteiger partial charge in [-0.2, -0.15) is 10.5 Å². The van der Waals surface area contributed by atoms with Gasteiger partial charge in [0, 0.05) is 0 Å². The number of rotatable bonds is 0. The zero-order chi connectivity index (χ0) is 7.12. The lowest BCUT2D eigenvalue weighted by Gasteiger charge is -1.98. The number of hydrogen-bond acceptors (Lipinski definition) is 2. The fraction of sp³-hybridized carbons (Fsp3) is 0.714. The maximum atomic E-state index is 8.52. The van der Waals surface area contributed by atoms with Crippen molar-refractivity contribution in [2.24, 2.45) is 10.8 Å². The first-order valence-corrected chi connectivity index (χ1v) is 2.90. The Balaban J connectivity index is 2.88. The topological polar surface area (TPSA) is 47.6 Å². The van der Waals surface area contributed by atoms with Crippen molar-refractivity contribution in [2.45, 2.75) is 20.3 Å². The summed E-state index contributed by atoms with van der Waals surface area (Å²) >= 11 is 0. The molecular formula is C7H8N2. The largest absolute Gasteiger partial charge is 0.197 e. The molecule has 0 spiro atoms. The minimum absolute atomic E-state index is 0.0590. The van der Waals surface area contributed by atoms with Gasteiger partial charge in [0.15, 0.2) is 0 Å². The van der Waals surface area contributed by atoms with E-state index < -0.39 is 5.41 Å². The number of nitrogens with zero attached hydrogens (tertiary/aromatic N) is 2. The molecule has 0 aromatic heterocycles. The molecule has 1 rings (SSSR count). The lowest BCUT2D eigenvalue weighted by atomic mass is 10.00. The van der Waals surface area contributed by atoms with Crippen LogP contribution in [0, 0.1) is 33.5 Å². The van der Waals surface area contributed by atoms with E-state index >= 15 is 0 Å². The monoisotopic (exact) mass is 120 g/mol. The second kappa shape index (κ2) is 1.28. The van der Waals surface area contributed by atoms with Gasteiger partial charge in [-0.25, -0.2) is 0 Å². The van der Waals surface area contributed by atoms with Crippen LogP contribution in [0.2, 0.25) is 0 Å². The van der Waals surface area contributed by atoms with Gasteiger partial charge in [0.25, 0.3) is 0 Å². The summed E-state index contributed by atoms with van der Waals surface area (Å²) in [6, 6.07) is 4.06. The van der Waals surface area contributed by atoms with Crippen LogP contribution in [0.25, 0.3) is 0 Å². The van der Waals surface area contributed by atoms with E-state index in [0.29, 0.717) is 0 Å². The average molecular weight is 120 g/mol. The van der Waals surface area contributed by atoms with Crippen molar-refractivity contribution in [3.05, 3.63) is 0 Å². The van der Waals surface area contributed by atoms with Gasteiger partial charge in [-0.1, -0.05) is 13.8 Å². The van der Waals surface area contributed by atoms with Crippen molar-refractivity contribution in [3.63, 3.8) is 0 Å². The minimum atomic E-state index is -0.660. The van der Waals surface area contributed by atoms with Gasteiger partial charge in [-0.15, -0.1) is 0 Å². The molecule has 1 saturated carbocycles. The van der Waals surface area contributed by atoms with Gasteiger partial charge in [0.05, 0.1) is 12.1 Å². The van der Waals surface area contributed by atoms with Crippen LogP contribution < -0.4 is 0 Å². The van der Waals surface area contributed by atoms with E-state index in [9.17, 15) is 0 Å². The third-order valence-electron chi connectivity index (χ3n) is 2.12. The summed E-state index contributed by atoms with van der Waals surface area (Å²) < 4.78 is 0. The summed E-state index contributed by atoms with van der Waals surface area (Å²) in [4.78, 5) is 0. The second-order valence-electron chi connectivity index (χ2n) is 3.19. The van der Waals surface area contributed by atoms with Gasteiger partial charge in [-0.05, 0) is 11.8 Å². The smallest absolute Gasteiger partial charge is 0.149 e. The lowest BCUT2D eigenvalue weighted by molar-refractivity contribution is 0.558. The van der Waals surface area contributed by atoms with Crippen molar-refractivity contribution in [1.82, 2.24) is 0 Å². The molecule has 0 unspecified atom stereocenters. The van der Waals surface area contributed by atoms with Gasteiger partial charge < -0.3 is 0 Å². The molecule has 0 aromatic rings. The maximum absolute atomic E-state index is 8.52. The van der Waals surface area contributed by atoms with Crippen LogP contribution in [0.1, 0.15) is 20.3 Å². The molecule has 0 bridgehead atoms. The predicted molar refractivity (Wildman–Crippen MR) is 32.1 cm³/mol. The van der Waals surface area contributed by atoms with E-state index in [0.717, 1.165) is 6.42 Å². The van der Waals surface area contributed by atoms with E-state index in [1.165, 1.54) is 0 Å². The Labute approximate surface area is 54.7 Å². The van der Waals surface area contributed by atoms with Gasteiger partial charge in [0.2, 0.25) is 0 Å². The Morgan fingerprint density at radius 3 is 1.56 bits per heavy atom. The van der Waals surface area contributed by atoms with Crippen molar-refractivity contribution < 1.29 is 0 Å². The molecule has 1 fully saturated rings. The van der Waals surface area contributed by atoms with Crippen LogP contribution in [-0.2, 0) is 0 Å². The predicted octanol–water partition coefficient (Wildman–Crippen LogP) is 1.45. The molecule has 0 aliphatic heterocycles. The molecule has 0 amide bonds. The first kappa shape index (κ1) is 6.11. The molecule has 0 aromatic carbocycles. The summed E-state index contributed by atoms with van der Waals surface area (Å²) in [6.45, 7) is 3.89. The summed E-state index contributed by atoms with van der Waals surface area (Å²) in [7, 11) is 0. The van der Waals surface area contributed by atoms with Crippen LogP contribution in [0.15, 0.2) is 0 Å². The van der Waals surface area contributed by atoms with Gasteiger partial charge in [0.1, 0.15) is 5.41 Å². The molecule has 0 heterocycles. The fourth-order valence-electron chi connectivity index (χ4n) is 1.03. The Bertz CT molecular complexity index is 200. The van der Waals surface area contributed by atoms with Crippen molar-refractivity contribution >= 4 is 0 Å². The van der Waals surface area contributed by atoms with Crippen LogP contribution in [0.4, 0.5) is 0 Å². The summed E-state index contributed by atoms with van der Waals surface area (Å²) in [5.74, 6) is 0. The summed E-state index contributed by atoms with van der Waals surface area (Å²) in [5.41, 5.74) is -0.719. The maximum Gasteiger partial charge on any atom is 0.149 e. The standard InChI is InChI=1S/C7H8N2/c1-6(2)3-7(6,4-8)5-9/h3H2,1-2H3. The molecule has 0 N–H and O–H groups in total. The quantitative estimate of drug-likeness (QED) is 0.485. The molecule has 2 heteroatoms. The molecule has 1 aliphatic rings. The highest BCUT2D eigenvalue weighted by molar-refractivity contribution is 5.31. The Hall–Kier alpha value is -1.02. The Morgan fingerprint density at radius 2 is 1.56 bits per heavy atom. The van der Waals surface area contributed by atoms with E-state index in [4.69, 9.17) is 10.5 Å². The van der Waals surface area contributed by atoms with Crippen LogP contribution in [0.3, 0.4) is 0 Å². The Kier molecular flexibility index (Phi) is 0.866. The van der Waals surface area contributed by atoms with Gasteiger partial charge >= 0.3 is 0 Å². The normalized spacial score (nSPS) is 25.8. The van der Waals surface area contributed by atoms with Crippen molar-refractivity contribution in [2.75, 3.05) is 0 Å². The number of hydrogen-bond donors (Lipinski definition) is 0. The Morgan fingerprint density at radius 1 is 1.22 bits per heavy atom. The summed E-state index contributed by atoms with van der Waals surface area (Å²) in [6.07, 6.45) is 0.729. The molecular weight excluding hydrogens is 112 g/mol. The highest BCUT2D eigenvalue weighted by Crippen LogP contribution is 2.62. The SMILES string of the molecule is CC1(C)CC1(C#N)C#N. The van der Waals surface area contributed by atoms with Crippen molar-refractivity contribution in [3.8, 4) is 12.1 Å². The lowest BCUT2D eigenvalue weighted by Crippen LogP contribution is -2.01. The molecule has 46 valence electrons. The first-order chi connectivity index (χ1) is 4.08. The van der Waals surface area contributed by atoms with E-state index in [1.54, 1.807) is 0 Å². The molecule has 0 radical (unpaired) electrons. The van der Waals surface area contributed by atoms with Crippen LogP contribution in [-0.4, -0.2) is 0 Å². The molecule has 9 heavy (non-hydrogen) atoms. The minimum Gasteiger partial charge on any atom is -0.197 e. The van der Waals surface area contributed by atoms with E-state index in [-0.39, 0.29) is 5.41 Å². The molecule has 2 nitrogen and oxygen atoms in total. The van der Waals surface area contributed by atoms with E-state index in [2.05, 4.69) is 0 Å². The molecule has 0 atom stereocenters. The summed E-state index contributed by atoms with van der Waals surface area (Å²) in [5, 5.41) is 17.0. The molecule has 1 aliphatic carbocycles. The van der Waals surface area contributed by atoms with Crippen LogP contribution >= 0.6 is 0 Å². The second-order valence-corrected chi connectivity index (χ2v) is 3.19. The highest BCUT2D eigenvalue weighted by Gasteiger charge is 2.63. The molecule has 0 saturated heterocycles. The zero-order valence-electron chi connectivity index (χ0n) is 5.60. The van der Waals surface area contributed by atoms with Crippen molar-refractivity contribution in [1.29, 1.82) is 10.5 Å². The fourth-order valence-corrected chi connectivity index (χ4v) is 1.03.